The molecule has 68 heavy (non-hydrogen) atoms. The first-order valence-corrected chi connectivity index (χ1v) is 24.0. The summed E-state index contributed by atoms with van der Waals surface area (Å²) in [6.07, 6.45) is 6.84. The third kappa shape index (κ3) is 21.2. The molecule has 0 saturated carbocycles. The first kappa shape index (κ1) is 61.9. The Morgan fingerprint density at radius 1 is 0.368 bits per heavy atom. The summed E-state index contributed by atoms with van der Waals surface area (Å²) in [6, 6.07) is 37.5. The van der Waals surface area contributed by atoms with E-state index < -0.39 is 31.3 Å². The molecular formula is C42H40Cl2Cu2F6N6O8S2. The summed E-state index contributed by atoms with van der Waals surface area (Å²) < 4.78 is 118. The summed E-state index contributed by atoms with van der Waals surface area (Å²) in [6.45, 7) is 0. The molecule has 26 heteroatoms. The maximum atomic E-state index is 10.7. The van der Waals surface area contributed by atoms with Crippen LogP contribution in [0.25, 0.3) is 0 Å². The summed E-state index contributed by atoms with van der Waals surface area (Å²) >= 11 is 0. The molecule has 6 aromatic heterocycles. The van der Waals surface area contributed by atoms with Gasteiger partial charge in [0.05, 0.1) is 0 Å². The van der Waals surface area contributed by atoms with E-state index in [0.717, 1.165) is 120 Å². The van der Waals surface area contributed by atoms with Crippen LogP contribution in [-0.2, 0) is 106 Å². The molecule has 0 atom stereocenters. The molecule has 0 unspecified atom stereocenters. The van der Waals surface area contributed by atoms with Gasteiger partial charge in [-0.25, -0.2) is 16.8 Å². The Morgan fingerprint density at radius 2 is 0.500 bits per heavy atom. The SMILES string of the molecule is C1[Cl+]C[Cl+]1.O=S(=O)([O-])C(F)(F)F.O=S(=O)([O-])C(F)(F)F.[Cu+].[Cu+].[OH-].[OH-].c1cc2nc(c1)Cc1cccc(n1)Cc1cccc(n1)CC2.c1cc2nc(c1)Cc1cccc(n1)Cc1cccc(n1)CC2. The first-order valence-electron chi connectivity index (χ1n) is 19.0. The molecule has 14 nitrogen and oxygen atoms in total. The van der Waals surface area contributed by atoms with Gasteiger partial charge in [-0.05, 0) is 98.5 Å². The van der Waals surface area contributed by atoms with Crippen LogP contribution in [0.4, 0.5) is 26.3 Å². The standard InChI is InChI=1S/2C19H17N3.C2H4Cl2.2CHF3O3S.2Cu.2H2O/c2*1-4-14-10-11-15-5-2-7-17(21-15)13-19-9-3-8-18(22-19)12-16(6-1)20-14;1-3-2-4-1;2*2-1(3,4)8(5,6)7;;;;/h2*1-9H,10-13H2;1-2H2;2*(H,5,6,7);;;2*1H2/q;;+2;;;2*+1;;/p-4. The Balaban J connectivity index is 0.000000470. The van der Waals surface area contributed by atoms with Crippen molar-refractivity contribution in [3.05, 3.63) is 178 Å². The van der Waals surface area contributed by atoms with E-state index in [1.807, 2.05) is 0 Å². The van der Waals surface area contributed by atoms with Crippen molar-refractivity contribution in [2.24, 2.45) is 0 Å². The minimum atomic E-state index is -6.09. The van der Waals surface area contributed by atoms with Crippen molar-refractivity contribution >= 4 is 20.2 Å². The largest absolute Gasteiger partial charge is 1.00 e. The topological polar surface area (TPSA) is 252 Å². The predicted molar refractivity (Wildman–Crippen MR) is 217 cm³/mol. The normalized spacial score (nSPS) is 13.5. The molecule has 9 rings (SSSR count). The molecule has 0 spiro atoms. The second-order valence-corrected chi connectivity index (χ2v) is 18.9. The molecule has 3 aliphatic heterocycles. The number of nitrogens with zero attached hydrogens (tertiary/aromatic N) is 6. The van der Waals surface area contributed by atoms with Crippen molar-refractivity contribution in [3.63, 3.8) is 0 Å². The van der Waals surface area contributed by atoms with Gasteiger partial charge in [0.1, 0.15) is 0 Å². The van der Waals surface area contributed by atoms with Gasteiger partial charge < -0.3 is 20.1 Å². The summed E-state index contributed by atoms with van der Waals surface area (Å²) in [7, 11) is -7.51. The summed E-state index contributed by atoms with van der Waals surface area (Å²) in [5.41, 5.74) is 1.81. The Bertz CT molecular complexity index is 2420. The van der Waals surface area contributed by atoms with Crippen molar-refractivity contribution in [2.45, 2.75) is 62.4 Å². The molecule has 0 radical (unpaired) electrons. The molecule has 1 saturated heterocycles. The van der Waals surface area contributed by atoms with Crippen LogP contribution >= 0.6 is 0 Å². The molecular weight excluding hydrogens is 1090 g/mol. The third-order valence-electron chi connectivity index (χ3n) is 8.76. The second kappa shape index (κ2) is 28.5. The van der Waals surface area contributed by atoms with Gasteiger partial charge in [0.25, 0.3) is 21.6 Å². The zero-order chi connectivity index (χ0) is 46.4. The zero-order valence-electron chi connectivity index (χ0n) is 34.9. The van der Waals surface area contributed by atoms with Gasteiger partial charge in [0.2, 0.25) is 0 Å². The summed E-state index contributed by atoms with van der Waals surface area (Å²) in [4.78, 5) is 28.6. The number of hydrogen-bond acceptors (Lipinski definition) is 14. The van der Waals surface area contributed by atoms with Crippen LogP contribution in [0.2, 0.25) is 0 Å². The molecule has 0 aliphatic carbocycles. The number of rotatable bonds is 0. The van der Waals surface area contributed by atoms with E-state index in [0.29, 0.717) is 0 Å². The van der Waals surface area contributed by atoms with E-state index in [1.54, 1.807) is 0 Å². The van der Waals surface area contributed by atoms with Crippen LogP contribution in [0.15, 0.2) is 109 Å². The van der Waals surface area contributed by atoms with Gasteiger partial charge in [-0.1, -0.05) is 36.4 Å². The maximum absolute atomic E-state index is 10.7. The Labute approximate surface area is 417 Å². The summed E-state index contributed by atoms with van der Waals surface area (Å²) in [5.74, 6) is 0. The molecule has 376 valence electrons. The fourth-order valence-electron chi connectivity index (χ4n) is 5.85. The van der Waals surface area contributed by atoms with Crippen LogP contribution < -0.4 is 0 Å². The van der Waals surface area contributed by atoms with E-state index in [9.17, 15) is 26.3 Å². The molecule has 9 heterocycles. The smallest absolute Gasteiger partial charge is 0.870 e. The van der Waals surface area contributed by atoms with E-state index >= 15 is 0 Å². The summed E-state index contributed by atoms with van der Waals surface area (Å²) in [5, 5.41) is 2.44. The number of pyridine rings is 6. The molecule has 6 aromatic rings. The number of hydrogen-bond donors (Lipinski definition) is 0. The molecule has 0 amide bonds. The van der Waals surface area contributed by atoms with E-state index in [4.69, 9.17) is 55.8 Å². The number of halogens is 8. The first-order chi connectivity index (χ1) is 30.2. The minimum Gasteiger partial charge on any atom is -0.870 e. The van der Waals surface area contributed by atoms with Crippen LogP contribution in [0.5, 0.6) is 0 Å². The van der Waals surface area contributed by atoms with Crippen molar-refractivity contribution in [1.29, 1.82) is 0 Å². The Hall–Kier alpha value is -4.16. The van der Waals surface area contributed by atoms with Gasteiger partial charge >= 0.3 is 55.8 Å². The van der Waals surface area contributed by atoms with Gasteiger partial charge in [-0.2, -0.15) is 26.3 Å². The van der Waals surface area contributed by atoms with Gasteiger partial charge in [0, 0.05) is 94.0 Å². The molecule has 0 aromatic carbocycles. The maximum Gasteiger partial charge on any atom is 1.00 e. The van der Waals surface area contributed by atoms with Crippen molar-refractivity contribution in [3.8, 4) is 0 Å². The van der Waals surface area contributed by atoms with Crippen molar-refractivity contribution in [1.82, 2.24) is 29.9 Å². The Morgan fingerprint density at radius 3 is 0.632 bits per heavy atom. The van der Waals surface area contributed by atoms with Gasteiger partial charge in [-0.3, -0.25) is 29.9 Å². The van der Waals surface area contributed by atoms with Crippen molar-refractivity contribution in [2.75, 3.05) is 10.7 Å². The zero-order valence-corrected chi connectivity index (χ0v) is 40.0. The number of aromatic nitrogens is 6. The van der Waals surface area contributed by atoms with Crippen LogP contribution in [0.3, 0.4) is 0 Å². The molecule has 3 aliphatic rings. The molecule has 1 fully saturated rings. The fourth-order valence-corrected chi connectivity index (χ4v) is 6.42. The fraction of sp³-hybridized carbons (Fsp3) is 0.286. The average molecular weight is 1130 g/mol. The number of fused-ring (bicyclic) bond motifs is 12. The van der Waals surface area contributed by atoms with Crippen LogP contribution in [-0.4, -0.2) is 88.5 Å². The van der Waals surface area contributed by atoms with Gasteiger partial charge in [0.15, 0.2) is 20.2 Å². The number of alkyl halides is 10. The average Bonchev–Trinajstić information content (AvgIpc) is 3.19. The molecule has 12 bridgehead atoms. The minimum absolute atomic E-state index is 0. The Kier molecular flexibility index (Phi) is 25.9. The van der Waals surface area contributed by atoms with E-state index in [-0.39, 0.29) is 45.1 Å². The van der Waals surface area contributed by atoms with E-state index in [1.165, 1.54) is 10.7 Å². The van der Waals surface area contributed by atoms with Gasteiger partial charge in [-0.15, -0.1) is 0 Å². The molecule has 2 N–H and O–H groups in total. The second-order valence-electron chi connectivity index (χ2n) is 13.8. The predicted octanol–water partition coefficient (Wildman–Crippen LogP) is 6.13. The third-order valence-corrected chi connectivity index (χ3v) is 12.2. The van der Waals surface area contributed by atoms with Crippen molar-refractivity contribution < 1.29 is 119 Å². The van der Waals surface area contributed by atoms with E-state index in [2.05, 4.69) is 131 Å². The van der Waals surface area contributed by atoms with Crippen LogP contribution in [0.1, 0.15) is 68.3 Å². The monoisotopic (exact) mass is 1130 g/mol. The van der Waals surface area contributed by atoms with Crippen LogP contribution in [0, 0.1) is 21.6 Å². The number of aryl methyl sites for hydroxylation is 4. The quantitative estimate of drug-likeness (QED) is 0.0546.